The average molecular weight is 630 g/mol. The van der Waals surface area contributed by atoms with Gasteiger partial charge in [-0.25, -0.2) is 9.98 Å². The number of anilines is 2. The van der Waals surface area contributed by atoms with Gasteiger partial charge >= 0.3 is 6.18 Å². The number of fused-ring (bicyclic) bond motifs is 1. The Morgan fingerprint density at radius 1 is 0.957 bits per heavy atom. The number of rotatable bonds is 10. The highest BCUT2D eigenvalue weighted by Crippen LogP contribution is 2.35. The lowest BCUT2D eigenvalue weighted by molar-refractivity contribution is -0.144. The molecule has 0 radical (unpaired) electrons. The van der Waals surface area contributed by atoms with Crippen molar-refractivity contribution in [1.82, 2.24) is 10.3 Å². The zero-order valence-electron chi connectivity index (χ0n) is 24.6. The number of benzene rings is 3. The molecule has 1 aliphatic rings. The van der Waals surface area contributed by atoms with Gasteiger partial charge in [0.05, 0.1) is 36.5 Å². The number of benzodiazepines with no additional fused rings is 1. The van der Waals surface area contributed by atoms with Crippen LogP contribution in [0.4, 0.5) is 24.7 Å². The highest BCUT2D eigenvalue weighted by molar-refractivity contribution is 6.21. The Kier molecular flexibility index (Phi) is 9.45. The second-order valence-electron chi connectivity index (χ2n) is 10.6. The van der Waals surface area contributed by atoms with Crippen LogP contribution in [0.2, 0.25) is 0 Å². The van der Waals surface area contributed by atoms with Gasteiger partial charge in [-0.1, -0.05) is 78.9 Å². The van der Waals surface area contributed by atoms with Crippen LogP contribution in [0.5, 0.6) is 5.75 Å². The Morgan fingerprint density at radius 2 is 1.61 bits per heavy atom. The summed E-state index contributed by atoms with van der Waals surface area (Å²) in [6, 6.07) is 26.9. The molecule has 46 heavy (non-hydrogen) atoms. The third-order valence-corrected chi connectivity index (χ3v) is 7.57. The van der Waals surface area contributed by atoms with Crippen molar-refractivity contribution in [2.75, 3.05) is 12.0 Å². The fourth-order valence-electron chi connectivity index (χ4n) is 5.41. The molecule has 3 amide bonds. The quantitative estimate of drug-likeness (QED) is 0.247. The van der Waals surface area contributed by atoms with Crippen molar-refractivity contribution in [3.05, 3.63) is 120 Å². The minimum Gasteiger partial charge on any atom is -0.495 e. The van der Waals surface area contributed by atoms with Crippen molar-refractivity contribution in [1.29, 1.82) is 0 Å². The van der Waals surface area contributed by atoms with Crippen molar-refractivity contribution in [2.24, 2.45) is 16.6 Å². The molecule has 0 saturated carbocycles. The molecule has 9 nitrogen and oxygen atoms in total. The number of carbonyl (C=O) groups excluding carboxylic acids is 3. The number of ether oxygens (including phenoxy) is 1. The summed E-state index contributed by atoms with van der Waals surface area (Å²) in [5, 5.41) is 2.56. The number of primary amides is 1. The third kappa shape index (κ3) is 7.06. The van der Waals surface area contributed by atoms with Crippen molar-refractivity contribution in [3.63, 3.8) is 0 Å². The summed E-state index contributed by atoms with van der Waals surface area (Å²) in [6.07, 6.45) is -6.92. The highest BCUT2D eigenvalue weighted by atomic mass is 19.4. The Balaban J connectivity index is 1.62. The topological polar surface area (TPSA) is 127 Å². The van der Waals surface area contributed by atoms with E-state index in [1.165, 1.54) is 30.3 Å². The number of nitrogens with zero attached hydrogens (tertiary/aromatic N) is 3. The van der Waals surface area contributed by atoms with Gasteiger partial charge in [0.25, 0.3) is 5.91 Å². The van der Waals surface area contributed by atoms with Crippen molar-refractivity contribution in [3.8, 4) is 5.75 Å². The molecular formula is C34H30F3N5O4. The molecule has 0 bridgehead atoms. The van der Waals surface area contributed by atoms with Gasteiger partial charge in [0.1, 0.15) is 11.6 Å². The molecule has 0 fully saturated rings. The zero-order chi connectivity index (χ0) is 32.8. The molecule has 2 heterocycles. The minimum atomic E-state index is -4.62. The van der Waals surface area contributed by atoms with E-state index in [0.29, 0.717) is 28.3 Å². The van der Waals surface area contributed by atoms with Gasteiger partial charge in [0.2, 0.25) is 18.0 Å². The fourth-order valence-corrected chi connectivity index (χ4v) is 5.41. The standard InChI is InChI=1S/C34H30F3N5O4/c1-46-23-16-17-27(39-20-23)42-26-15-9-8-14-24(26)29(22-12-6-3-7-13-22)40-31(33(42)45)41-32(44)25(18-19-34(35,36)37)28(30(38)43)21-10-4-2-5-11-21/h2-17,20,25,28,31H,18-19H2,1H3,(H2,38,43)(H,41,44)/t25-,28+,31-/m1/s1. The molecule has 4 aromatic rings. The van der Waals surface area contributed by atoms with Crippen LogP contribution in [0.25, 0.3) is 0 Å². The lowest BCUT2D eigenvalue weighted by Crippen LogP contribution is -2.49. The number of hydrogen-bond donors (Lipinski definition) is 2. The third-order valence-electron chi connectivity index (χ3n) is 7.57. The van der Waals surface area contributed by atoms with Gasteiger partial charge in [0, 0.05) is 17.5 Å². The maximum Gasteiger partial charge on any atom is 0.389 e. The van der Waals surface area contributed by atoms with Gasteiger partial charge in [-0.3, -0.25) is 19.3 Å². The number of amides is 3. The number of para-hydroxylation sites is 1. The molecule has 3 aromatic carbocycles. The van der Waals surface area contributed by atoms with E-state index in [2.05, 4.69) is 15.3 Å². The number of methoxy groups -OCH3 is 1. The van der Waals surface area contributed by atoms with Crippen LogP contribution in [0.3, 0.4) is 0 Å². The molecule has 12 heteroatoms. The van der Waals surface area contributed by atoms with Crippen LogP contribution < -0.4 is 20.7 Å². The van der Waals surface area contributed by atoms with E-state index >= 15 is 0 Å². The van der Waals surface area contributed by atoms with Crippen LogP contribution >= 0.6 is 0 Å². The average Bonchev–Trinajstić information content (AvgIpc) is 3.17. The Labute approximate surface area is 262 Å². The van der Waals surface area contributed by atoms with Gasteiger partial charge in [-0.15, -0.1) is 0 Å². The molecule has 236 valence electrons. The molecular weight excluding hydrogens is 599 g/mol. The van der Waals surface area contributed by atoms with Crippen molar-refractivity contribution < 1.29 is 32.3 Å². The summed E-state index contributed by atoms with van der Waals surface area (Å²) >= 11 is 0. The number of alkyl halides is 3. The predicted octanol–water partition coefficient (Wildman–Crippen LogP) is 5.28. The molecule has 0 saturated heterocycles. The molecule has 1 aliphatic heterocycles. The number of halogens is 3. The smallest absolute Gasteiger partial charge is 0.389 e. The Morgan fingerprint density at radius 3 is 2.22 bits per heavy atom. The van der Waals surface area contributed by atoms with E-state index < -0.39 is 54.7 Å². The maximum atomic E-state index is 14.4. The zero-order valence-corrected chi connectivity index (χ0v) is 24.6. The second kappa shape index (κ2) is 13.6. The molecule has 0 spiro atoms. The number of nitrogens with two attached hydrogens (primary N) is 1. The molecule has 1 aromatic heterocycles. The lowest BCUT2D eigenvalue weighted by Gasteiger charge is -2.28. The Bertz CT molecular complexity index is 1730. The molecule has 3 atom stereocenters. The van der Waals surface area contributed by atoms with Crippen molar-refractivity contribution in [2.45, 2.75) is 31.1 Å². The van der Waals surface area contributed by atoms with Crippen LogP contribution in [-0.4, -0.2) is 47.9 Å². The van der Waals surface area contributed by atoms with Crippen molar-refractivity contribution >= 4 is 34.9 Å². The first-order valence-electron chi connectivity index (χ1n) is 14.4. The summed E-state index contributed by atoms with van der Waals surface area (Å²) in [5.74, 6) is -5.03. The maximum absolute atomic E-state index is 14.4. The number of hydrogen-bond acceptors (Lipinski definition) is 6. The minimum absolute atomic E-state index is 0.190. The summed E-state index contributed by atoms with van der Waals surface area (Å²) in [4.78, 5) is 51.4. The first-order chi connectivity index (χ1) is 22.1. The van der Waals surface area contributed by atoms with Gasteiger partial charge in [0.15, 0.2) is 0 Å². The normalized spacial score (nSPS) is 16.0. The summed E-state index contributed by atoms with van der Waals surface area (Å²) in [5.41, 5.74) is 7.90. The Hall–Kier alpha value is -5.52. The van der Waals surface area contributed by atoms with E-state index in [-0.39, 0.29) is 11.4 Å². The monoisotopic (exact) mass is 629 g/mol. The lowest BCUT2D eigenvalue weighted by atomic mass is 9.81. The molecule has 3 N–H and O–H groups in total. The number of pyridine rings is 1. The van der Waals surface area contributed by atoms with Gasteiger partial charge < -0.3 is 15.8 Å². The predicted molar refractivity (Wildman–Crippen MR) is 166 cm³/mol. The summed E-state index contributed by atoms with van der Waals surface area (Å²) < 4.78 is 45.6. The summed E-state index contributed by atoms with van der Waals surface area (Å²) in [7, 11) is 1.47. The van der Waals surface area contributed by atoms with E-state index in [1.807, 2.05) is 6.07 Å². The van der Waals surface area contributed by atoms with E-state index in [0.717, 1.165) is 0 Å². The highest BCUT2D eigenvalue weighted by Gasteiger charge is 2.41. The van der Waals surface area contributed by atoms with Crippen LogP contribution in [0, 0.1) is 5.92 Å². The fraction of sp³-hybridized carbons (Fsp3) is 0.206. The van der Waals surface area contributed by atoms with Gasteiger partial charge in [-0.2, -0.15) is 13.2 Å². The molecule has 5 rings (SSSR count). The number of aliphatic imine (C=N–C) groups is 1. The van der Waals surface area contributed by atoms with Crippen LogP contribution in [0.15, 0.2) is 108 Å². The molecule has 0 aliphatic carbocycles. The molecule has 0 unspecified atom stereocenters. The first kappa shape index (κ1) is 31.9. The number of carbonyl (C=O) groups is 3. The number of aromatic nitrogens is 1. The van der Waals surface area contributed by atoms with Crippen LogP contribution in [-0.2, 0) is 14.4 Å². The first-order valence-corrected chi connectivity index (χ1v) is 14.4. The van der Waals surface area contributed by atoms with Gasteiger partial charge in [-0.05, 0) is 30.2 Å². The van der Waals surface area contributed by atoms with E-state index in [4.69, 9.17) is 10.5 Å². The van der Waals surface area contributed by atoms with E-state index in [9.17, 15) is 27.6 Å². The van der Waals surface area contributed by atoms with E-state index in [1.54, 1.807) is 78.9 Å². The second-order valence-corrected chi connectivity index (χ2v) is 10.6. The number of nitrogens with one attached hydrogen (secondary N) is 1. The SMILES string of the molecule is COc1ccc(N2C(=O)[C@@H](NC(=O)[C@H](CCC(F)(F)F)[C@@H](C(N)=O)c3ccccc3)N=C(c3ccccc3)c3ccccc32)nc1. The summed E-state index contributed by atoms with van der Waals surface area (Å²) in [6.45, 7) is 0. The van der Waals surface area contributed by atoms with Crippen LogP contribution in [0.1, 0.15) is 35.4 Å². The largest absolute Gasteiger partial charge is 0.495 e.